The molecule has 0 fully saturated rings. The number of hydrogen-bond donors (Lipinski definition) is 0. The van der Waals surface area contributed by atoms with Crippen LogP contribution in [0.5, 0.6) is 0 Å². The van der Waals surface area contributed by atoms with Crippen molar-refractivity contribution in [2.45, 2.75) is 0 Å². The fraction of sp³-hybridized carbons (Fsp3) is 0. The Labute approximate surface area is 263 Å². The molecule has 1 aliphatic rings. The number of fused-ring (bicyclic) bond motifs is 12. The molecule has 0 aliphatic carbocycles. The molecular formula is C42H25N3O. The minimum absolute atomic E-state index is 0.905. The average Bonchev–Trinajstić information content (AvgIpc) is 3.77. The molecular weight excluding hydrogens is 562 g/mol. The number of nitrogens with zero attached hydrogens (tertiary/aromatic N) is 3. The molecule has 4 heteroatoms. The molecule has 7 aromatic carbocycles. The van der Waals surface area contributed by atoms with Crippen LogP contribution in [-0.2, 0) is 0 Å². The maximum absolute atomic E-state index is 6.20. The van der Waals surface area contributed by atoms with Crippen molar-refractivity contribution in [3.8, 4) is 11.4 Å². The minimum Gasteiger partial charge on any atom is -0.456 e. The second kappa shape index (κ2) is 8.68. The van der Waals surface area contributed by atoms with Crippen LogP contribution in [0.15, 0.2) is 156 Å². The van der Waals surface area contributed by atoms with E-state index in [0.29, 0.717) is 0 Å². The van der Waals surface area contributed by atoms with Crippen LogP contribution < -0.4 is 4.90 Å². The summed E-state index contributed by atoms with van der Waals surface area (Å²) in [6.07, 6.45) is 0. The molecule has 4 heterocycles. The molecule has 0 saturated heterocycles. The summed E-state index contributed by atoms with van der Waals surface area (Å²) in [6, 6.07) is 54.5. The van der Waals surface area contributed by atoms with Gasteiger partial charge in [-0.3, -0.25) is 0 Å². The normalized spacial score (nSPS) is 12.7. The van der Waals surface area contributed by atoms with Gasteiger partial charge in [0.1, 0.15) is 11.2 Å². The number of anilines is 3. The van der Waals surface area contributed by atoms with E-state index in [-0.39, 0.29) is 0 Å². The molecule has 214 valence electrons. The molecule has 0 spiro atoms. The largest absolute Gasteiger partial charge is 0.456 e. The Hall–Kier alpha value is -6.26. The summed E-state index contributed by atoms with van der Waals surface area (Å²) in [5.41, 5.74) is 12.5. The summed E-state index contributed by atoms with van der Waals surface area (Å²) in [7, 11) is 0. The van der Waals surface area contributed by atoms with Gasteiger partial charge in [0.25, 0.3) is 0 Å². The zero-order valence-electron chi connectivity index (χ0n) is 24.7. The second-order valence-electron chi connectivity index (χ2n) is 12.2. The quantitative estimate of drug-likeness (QED) is 0.201. The summed E-state index contributed by atoms with van der Waals surface area (Å²) in [6.45, 7) is 0. The van der Waals surface area contributed by atoms with Gasteiger partial charge >= 0.3 is 0 Å². The second-order valence-corrected chi connectivity index (χ2v) is 12.2. The highest BCUT2D eigenvalue weighted by Crippen LogP contribution is 2.51. The molecule has 0 bridgehead atoms. The lowest BCUT2D eigenvalue weighted by Crippen LogP contribution is -2.17. The first-order valence-electron chi connectivity index (χ1n) is 15.7. The third-order valence-electron chi connectivity index (χ3n) is 9.80. The van der Waals surface area contributed by atoms with E-state index in [1.807, 2.05) is 12.1 Å². The van der Waals surface area contributed by atoms with E-state index in [1.54, 1.807) is 0 Å². The van der Waals surface area contributed by atoms with Crippen LogP contribution in [0.1, 0.15) is 0 Å². The standard InChI is InChI=1S/C42H25N3O/c1-2-11-26(12-3-1)43-34-17-7-8-18-35(34)45-41-29(15-10-19-37(41)43)30-22-23-36-40(42(30)45)31-14-4-6-16-33(31)44(36)27-21-24-39-32(25-27)28-13-5-9-20-38(28)46-39/h1-25H. The first-order chi connectivity index (χ1) is 22.8. The number of para-hydroxylation sites is 6. The van der Waals surface area contributed by atoms with Crippen LogP contribution in [0, 0.1) is 0 Å². The van der Waals surface area contributed by atoms with E-state index in [1.165, 1.54) is 60.7 Å². The summed E-state index contributed by atoms with van der Waals surface area (Å²) >= 11 is 0. The van der Waals surface area contributed by atoms with Crippen molar-refractivity contribution in [1.82, 2.24) is 9.13 Å². The van der Waals surface area contributed by atoms with Crippen LogP contribution in [0.3, 0.4) is 0 Å². The van der Waals surface area contributed by atoms with Gasteiger partial charge in [0.05, 0.1) is 39.1 Å². The molecule has 46 heavy (non-hydrogen) atoms. The summed E-state index contributed by atoms with van der Waals surface area (Å²) in [4.78, 5) is 2.40. The maximum atomic E-state index is 6.20. The highest BCUT2D eigenvalue weighted by molar-refractivity contribution is 6.28. The number of rotatable bonds is 2. The fourth-order valence-electron chi connectivity index (χ4n) is 7.97. The molecule has 3 aromatic heterocycles. The number of aromatic nitrogens is 2. The molecule has 0 atom stereocenters. The van der Waals surface area contributed by atoms with Gasteiger partial charge in [0.15, 0.2) is 0 Å². The highest BCUT2D eigenvalue weighted by Gasteiger charge is 2.30. The van der Waals surface area contributed by atoms with E-state index in [4.69, 9.17) is 4.42 Å². The average molecular weight is 588 g/mol. The molecule has 1 aliphatic heterocycles. The third kappa shape index (κ3) is 2.98. The van der Waals surface area contributed by atoms with Crippen molar-refractivity contribution in [2.24, 2.45) is 0 Å². The Morgan fingerprint density at radius 3 is 1.98 bits per heavy atom. The van der Waals surface area contributed by atoms with Gasteiger partial charge in [-0.15, -0.1) is 0 Å². The maximum Gasteiger partial charge on any atom is 0.135 e. The minimum atomic E-state index is 0.905. The van der Waals surface area contributed by atoms with Crippen LogP contribution in [0.25, 0.3) is 76.9 Å². The highest BCUT2D eigenvalue weighted by atomic mass is 16.3. The van der Waals surface area contributed by atoms with E-state index in [2.05, 4.69) is 154 Å². The van der Waals surface area contributed by atoms with Crippen LogP contribution in [0.2, 0.25) is 0 Å². The summed E-state index contributed by atoms with van der Waals surface area (Å²) < 4.78 is 11.1. The Balaban J connectivity index is 1.30. The lowest BCUT2D eigenvalue weighted by molar-refractivity contribution is 0.669. The molecule has 11 rings (SSSR count). The van der Waals surface area contributed by atoms with Gasteiger partial charge in [-0.1, -0.05) is 84.9 Å². The van der Waals surface area contributed by atoms with E-state index in [0.717, 1.165) is 33.3 Å². The topological polar surface area (TPSA) is 26.2 Å². The predicted octanol–water partition coefficient (Wildman–Crippen LogP) is 11.6. The van der Waals surface area contributed by atoms with Crippen molar-refractivity contribution >= 4 is 82.6 Å². The van der Waals surface area contributed by atoms with Gasteiger partial charge < -0.3 is 18.5 Å². The van der Waals surface area contributed by atoms with Gasteiger partial charge in [0, 0.05) is 43.7 Å². The van der Waals surface area contributed by atoms with Crippen molar-refractivity contribution in [3.05, 3.63) is 152 Å². The molecule has 0 saturated carbocycles. The van der Waals surface area contributed by atoms with E-state index in [9.17, 15) is 0 Å². The number of furan rings is 1. The predicted molar refractivity (Wildman–Crippen MR) is 191 cm³/mol. The van der Waals surface area contributed by atoms with E-state index >= 15 is 0 Å². The molecule has 0 N–H and O–H groups in total. The molecule has 4 nitrogen and oxygen atoms in total. The Bertz CT molecular complexity index is 2870. The number of hydrogen-bond acceptors (Lipinski definition) is 2. The number of benzene rings is 7. The molecule has 0 amide bonds. The van der Waals surface area contributed by atoms with E-state index < -0.39 is 0 Å². The zero-order valence-corrected chi connectivity index (χ0v) is 24.7. The van der Waals surface area contributed by atoms with Crippen LogP contribution in [0.4, 0.5) is 17.1 Å². The Morgan fingerprint density at radius 2 is 1.07 bits per heavy atom. The van der Waals surface area contributed by atoms with Crippen molar-refractivity contribution in [3.63, 3.8) is 0 Å². The van der Waals surface area contributed by atoms with Gasteiger partial charge in [-0.25, -0.2) is 0 Å². The monoisotopic (exact) mass is 587 g/mol. The van der Waals surface area contributed by atoms with Gasteiger partial charge in [-0.2, -0.15) is 0 Å². The lowest BCUT2D eigenvalue weighted by Gasteiger charge is -2.33. The molecule has 0 radical (unpaired) electrons. The summed E-state index contributed by atoms with van der Waals surface area (Å²) in [5.74, 6) is 0. The van der Waals surface area contributed by atoms with Crippen molar-refractivity contribution in [2.75, 3.05) is 4.90 Å². The molecule has 10 aromatic rings. The van der Waals surface area contributed by atoms with Crippen molar-refractivity contribution in [1.29, 1.82) is 0 Å². The lowest BCUT2D eigenvalue weighted by atomic mass is 10.1. The van der Waals surface area contributed by atoms with Crippen LogP contribution in [-0.4, -0.2) is 9.13 Å². The summed E-state index contributed by atoms with van der Waals surface area (Å²) in [5, 5.41) is 7.28. The first-order valence-corrected chi connectivity index (χ1v) is 15.7. The Morgan fingerprint density at radius 1 is 0.370 bits per heavy atom. The zero-order chi connectivity index (χ0) is 29.9. The Kier molecular flexibility index (Phi) is 4.55. The smallest absolute Gasteiger partial charge is 0.135 e. The van der Waals surface area contributed by atoms with Gasteiger partial charge in [0.2, 0.25) is 0 Å². The molecule has 0 unspecified atom stereocenters. The third-order valence-corrected chi connectivity index (χ3v) is 9.80. The first kappa shape index (κ1) is 24.1. The van der Waals surface area contributed by atoms with Crippen LogP contribution >= 0.6 is 0 Å². The van der Waals surface area contributed by atoms with Gasteiger partial charge in [-0.05, 0) is 66.7 Å². The SMILES string of the molecule is c1ccc(N2c3ccccc3-n3c4c2cccc4c2ccc4c(c5ccccc5n4-c4ccc5oc6ccccc6c5c4)c23)cc1. The van der Waals surface area contributed by atoms with Crippen molar-refractivity contribution < 1.29 is 4.42 Å². The fourth-order valence-corrected chi connectivity index (χ4v) is 7.97.